The summed E-state index contributed by atoms with van der Waals surface area (Å²) < 4.78 is 5.17. The monoisotopic (exact) mass is 261 g/mol. The predicted octanol–water partition coefficient (Wildman–Crippen LogP) is 2.83. The zero-order valence-corrected chi connectivity index (χ0v) is 12.1. The zero-order chi connectivity index (χ0) is 13.8. The van der Waals surface area contributed by atoms with Crippen LogP contribution < -0.4 is 0 Å². The van der Waals surface area contributed by atoms with Crippen LogP contribution in [-0.2, 0) is 16.1 Å². The van der Waals surface area contributed by atoms with Gasteiger partial charge in [0, 0.05) is 6.54 Å². The number of benzene rings is 1. The summed E-state index contributed by atoms with van der Waals surface area (Å²) in [6, 6.07) is 6.45. The van der Waals surface area contributed by atoms with Crippen LogP contribution in [-0.4, -0.2) is 30.1 Å². The molecule has 3 nitrogen and oxygen atoms in total. The van der Waals surface area contributed by atoms with Crippen molar-refractivity contribution in [3.05, 3.63) is 34.9 Å². The molecule has 1 aliphatic heterocycles. The van der Waals surface area contributed by atoms with Gasteiger partial charge in [0.05, 0.1) is 6.61 Å². The van der Waals surface area contributed by atoms with Gasteiger partial charge >= 0.3 is 5.97 Å². The Bertz CT molecular complexity index is 456. The highest BCUT2D eigenvalue weighted by molar-refractivity contribution is 5.76. The van der Waals surface area contributed by atoms with E-state index in [9.17, 15) is 4.79 Å². The maximum absolute atomic E-state index is 11.9. The van der Waals surface area contributed by atoms with Crippen LogP contribution >= 0.6 is 0 Å². The van der Waals surface area contributed by atoms with Crippen molar-refractivity contribution in [1.29, 1.82) is 0 Å². The quantitative estimate of drug-likeness (QED) is 0.781. The fraction of sp³-hybridized carbons (Fsp3) is 0.562. The Labute approximate surface area is 115 Å². The average Bonchev–Trinajstić information content (AvgIpc) is 2.82. The third-order valence-corrected chi connectivity index (χ3v) is 3.80. The molecule has 19 heavy (non-hydrogen) atoms. The molecule has 0 bridgehead atoms. The molecule has 0 aliphatic carbocycles. The summed E-state index contributed by atoms with van der Waals surface area (Å²) >= 11 is 0. The number of carbonyl (C=O) groups is 1. The van der Waals surface area contributed by atoms with Crippen LogP contribution in [0.3, 0.4) is 0 Å². The molecule has 1 aromatic carbocycles. The number of esters is 1. The molecule has 0 spiro atoms. The first-order valence-electron chi connectivity index (χ1n) is 7.08. The predicted molar refractivity (Wildman–Crippen MR) is 76.0 cm³/mol. The van der Waals surface area contributed by atoms with Crippen LogP contribution in [0.25, 0.3) is 0 Å². The molecule has 1 unspecified atom stereocenters. The topological polar surface area (TPSA) is 29.5 Å². The smallest absolute Gasteiger partial charge is 0.323 e. The van der Waals surface area contributed by atoms with E-state index in [-0.39, 0.29) is 12.0 Å². The van der Waals surface area contributed by atoms with Crippen LogP contribution in [0.1, 0.15) is 36.5 Å². The molecular formula is C16H23NO2. The second-order valence-corrected chi connectivity index (χ2v) is 5.31. The molecule has 0 N–H and O–H groups in total. The van der Waals surface area contributed by atoms with Gasteiger partial charge in [0.2, 0.25) is 0 Å². The molecular weight excluding hydrogens is 238 g/mol. The first-order chi connectivity index (χ1) is 9.11. The van der Waals surface area contributed by atoms with Gasteiger partial charge in [-0.05, 0) is 51.3 Å². The second-order valence-electron chi connectivity index (χ2n) is 5.31. The Balaban J connectivity index is 2.09. The van der Waals surface area contributed by atoms with Gasteiger partial charge in [-0.25, -0.2) is 0 Å². The van der Waals surface area contributed by atoms with Crippen LogP contribution in [0, 0.1) is 13.8 Å². The number of aryl methyl sites for hydroxylation is 2. The van der Waals surface area contributed by atoms with Gasteiger partial charge in [0.1, 0.15) is 6.04 Å². The van der Waals surface area contributed by atoms with Crippen molar-refractivity contribution in [2.75, 3.05) is 13.2 Å². The molecule has 0 saturated carbocycles. The molecule has 1 atom stereocenters. The van der Waals surface area contributed by atoms with Crippen molar-refractivity contribution < 1.29 is 9.53 Å². The van der Waals surface area contributed by atoms with E-state index in [4.69, 9.17) is 4.74 Å². The highest BCUT2D eigenvalue weighted by Gasteiger charge is 2.31. The van der Waals surface area contributed by atoms with Crippen LogP contribution in [0.15, 0.2) is 18.2 Å². The highest BCUT2D eigenvalue weighted by atomic mass is 16.5. The van der Waals surface area contributed by atoms with Gasteiger partial charge in [0.15, 0.2) is 0 Å². The normalized spacial score (nSPS) is 19.6. The van der Waals surface area contributed by atoms with Crippen molar-refractivity contribution in [1.82, 2.24) is 4.90 Å². The van der Waals surface area contributed by atoms with E-state index >= 15 is 0 Å². The molecule has 1 aromatic rings. The van der Waals surface area contributed by atoms with E-state index in [2.05, 4.69) is 36.9 Å². The molecule has 1 saturated heterocycles. The molecule has 0 radical (unpaired) electrons. The summed E-state index contributed by atoms with van der Waals surface area (Å²) in [4.78, 5) is 14.2. The summed E-state index contributed by atoms with van der Waals surface area (Å²) in [5, 5.41) is 0. The number of rotatable bonds is 4. The SMILES string of the molecule is CCOC(=O)C1CCCN1Cc1cc(C)ccc1C. The van der Waals surface area contributed by atoms with E-state index in [1.54, 1.807) is 0 Å². The van der Waals surface area contributed by atoms with Crippen LogP contribution in [0.2, 0.25) is 0 Å². The molecule has 1 fully saturated rings. The lowest BCUT2D eigenvalue weighted by molar-refractivity contribution is -0.148. The van der Waals surface area contributed by atoms with Crippen molar-refractivity contribution in [3.8, 4) is 0 Å². The average molecular weight is 261 g/mol. The molecule has 1 heterocycles. The number of hydrogen-bond donors (Lipinski definition) is 0. The number of ether oxygens (including phenoxy) is 1. The van der Waals surface area contributed by atoms with Crippen LogP contribution in [0.4, 0.5) is 0 Å². The molecule has 0 amide bonds. The lowest BCUT2D eigenvalue weighted by Crippen LogP contribution is -2.37. The maximum Gasteiger partial charge on any atom is 0.323 e. The van der Waals surface area contributed by atoms with Gasteiger partial charge in [0.25, 0.3) is 0 Å². The summed E-state index contributed by atoms with van der Waals surface area (Å²) in [5.74, 6) is -0.0645. The fourth-order valence-corrected chi connectivity index (χ4v) is 2.71. The van der Waals surface area contributed by atoms with Gasteiger partial charge in [-0.2, -0.15) is 0 Å². The molecule has 2 rings (SSSR count). The Hall–Kier alpha value is -1.35. The van der Waals surface area contributed by atoms with Crippen molar-refractivity contribution in [2.45, 2.75) is 46.2 Å². The highest BCUT2D eigenvalue weighted by Crippen LogP contribution is 2.23. The van der Waals surface area contributed by atoms with E-state index in [1.165, 1.54) is 16.7 Å². The van der Waals surface area contributed by atoms with Gasteiger partial charge in [-0.3, -0.25) is 9.69 Å². The van der Waals surface area contributed by atoms with E-state index in [1.807, 2.05) is 6.92 Å². The lowest BCUT2D eigenvalue weighted by atomic mass is 10.0. The number of likely N-dealkylation sites (tertiary alicyclic amines) is 1. The minimum absolute atomic E-state index is 0.0557. The summed E-state index contributed by atoms with van der Waals surface area (Å²) in [7, 11) is 0. The lowest BCUT2D eigenvalue weighted by Gasteiger charge is -2.23. The minimum Gasteiger partial charge on any atom is -0.465 e. The van der Waals surface area contributed by atoms with E-state index in [0.29, 0.717) is 6.61 Å². The Morgan fingerprint density at radius 1 is 1.42 bits per heavy atom. The van der Waals surface area contributed by atoms with Crippen molar-refractivity contribution >= 4 is 5.97 Å². The number of nitrogens with zero attached hydrogens (tertiary/aromatic N) is 1. The molecule has 0 aromatic heterocycles. The Kier molecular flexibility index (Phi) is 4.59. The zero-order valence-electron chi connectivity index (χ0n) is 12.1. The minimum atomic E-state index is -0.0645. The fourth-order valence-electron chi connectivity index (χ4n) is 2.71. The number of carbonyl (C=O) groups excluding carboxylic acids is 1. The summed E-state index contributed by atoms with van der Waals surface area (Å²) in [6.07, 6.45) is 2.00. The molecule has 1 aliphatic rings. The van der Waals surface area contributed by atoms with Crippen molar-refractivity contribution in [3.63, 3.8) is 0 Å². The largest absolute Gasteiger partial charge is 0.465 e. The Morgan fingerprint density at radius 2 is 2.21 bits per heavy atom. The van der Waals surface area contributed by atoms with Gasteiger partial charge in [-0.1, -0.05) is 23.8 Å². The first kappa shape index (κ1) is 14.1. The molecule has 104 valence electrons. The van der Waals surface area contributed by atoms with E-state index < -0.39 is 0 Å². The first-order valence-corrected chi connectivity index (χ1v) is 7.08. The summed E-state index contributed by atoms with van der Waals surface area (Å²) in [6.45, 7) is 8.39. The number of hydrogen-bond acceptors (Lipinski definition) is 3. The van der Waals surface area contributed by atoms with Gasteiger partial charge in [-0.15, -0.1) is 0 Å². The van der Waals surface area contributed by atoms with Crippen LogP contribution in [0.5, 0.6) is 0 Å². The standard InChI is InChI=1S/C16H23NO2/c1-4-19-16(18)15-6-5-9-17(15)11-14-10-12(2)7-8-13(14)3/h7-8,10,15H,4-6,9,11H2,1-3H3. The summed E-state index contributed by atoms with van der Waals surface area (Å²) in [5.41, 5.74) is 3.88. The third kappa shape index (κ3) is 3.35. The second kappa shape index (κ2) is 6.20. The Morgan fingerprint density at radius 3 is 2.95 bits per heavy atom. The van der Waals surface area contributed by atoms with E-state index in [0.717, 1.165) is 25.9 Å². The third-order valence-electron chi connectivity index (χ3n) is 3.80. The van der Waals surface area contributed by atoms with Crippen molar-refractivity contribution in [2.24, 2.45) is 0 Å². The maximum atomic E-state index is 11.9. The van der Waals surface area contributed by atoms with Gasteiger partial charge < -0.3 is 4.74 Å². The molecule has 3 heteroatoms.